The molecular weight excluding hydrogens is 342 g/mol. The number of anilines is 1. The molecule has 5 rings (SSSR count). The number of hydrogen-bond acceptors (Lipinski definition) is 6. The molecule has 2 saturated heterocycles. The monoisotopic (exact) mass is 365 g/mol. The van der Waals surface area contributed by atoms with Gasteiger partial charge in [0.15, 0.2) is 5.69 Å². The van der Waals surface area contributed by atoms with Gasteiger partial charge in [-0.2, -0.15) is 5.10 Å². The maximum atomic E-state index is 12.0. The second-order valence-corrected chi connectivity index (χ2v) is 7.40. The summed E-state index contributed by atoms with van der Waals surface area (Å²) in [6, 6.07) is 4.10. The van der Waals surface area contributed by atoms with Crippen LogP contribution in [0.25, 0.3) is 21.8 Å². The Morgan fingerprint density at radius 3 is 2.70 bits per heavy atom. The molecule has 0 bridgehead atoms. The van der Waals surface area contributed by atoms with Crippen LogP contribution < -0.4 is 16.0 Å². The number of piperidine rings is 1. The van der Waals surface area contributed by atoms with Crippen LogP contribution >= 0.6 is 0 Å². The van der Waals surface area contributed by atoms with Crippen molar-refractivity contribution in [3.8, 4) is 0 Å². The van der Waals surface area contributed by atoms with Crippen LogP contribution in [0, 0.1) is 0 Å². The molecule has 0 spiro atoms. The van der Waals surface area contributed by atoms with Gasteiger partial charge < -0.3 is 16.0 Å². The molecule has 8 nitrogen and oxygen atoms in total. The first-order valence-corrected chi connectivity index (χ1v) is 9.66. The zero-order chi connectivity index (χ0) is 18.4. The number of carbonyl (C=O) groups is 1. The molecule has 3 aromatic rings. The van der Waals surface area contributed by atoms with Gasteiger partial charge in [-0.15, -0.1) is 0 Å². The van der Waals surface area contributed by atoms with Gasteiger partial charge in [0, 0.05) is 30.1 Å². The summed E-state index contributed by atoms with van der Waals surface area (Å²) >= 11 is 0. The first kappa shape index (κ1) is 16.4. The Bertz CT molecular complexity index is 1020. The van der Waals surface area contributed by atoms with Gasteiger partial charge >= 0.3 is 0 Å². The first-order chi connectivity index (χ1) is 13.2. The van der Waals surface area contributed by atoms with Gasteiger partial charge in [0.1, 0.15) is 5.52 Å². The maximum Gasteiger partial charge on any atom is 0.269 e. The van der Waals surface area contributed by atoms with E-state index in [0.29, 0.717) is 5.69 Å². The van der Waals surface area contributed by atoms with Crippen molar-refractivity contribution in [2.75, 3.05) is 31.1 Å². The van der Waals surface area contributed by atoms with Gasteiger partial charge in [-0.05, 0) is 44.8 Å². The molecule has 27 heavy (non-hydrogen) atoms. The number of nitrogens with zero attached hydrogens (tertiary/aromatic N) is 5. The highest BCUT2D eigenvalue weighted by molar-refractivity contribution is 6.11. The van der Waals surface area contributed by atoms with Gasteiger partial charge in [-0.25, -0.2) is 9.97 Å². The first-order valence-electron chi connectivity index (χ1n) is 9.66. The minimum absolute atomic E-state index is 0.234. The standard InChI is InChI=1S/C19H23N7O/c20-18(27)16-14-4-3-12-11-22-19(25-9-1-2-10-25)23-15(12)17(14)26(24-16)13-5-7-21-8-6-13/h3-4,11,13,21H,1-2,5-10H2,(H2,20,27). The molecule has 2 fully saturated rings. The number of nitrogens with two attached hydrogens (primary N) is 1. The number of carbonyl (C=O) groups excluding carboxylic acids is 1. The summed E-state index contributed by atoms with van der Waals surface area (Å²) in [5.74, 6) is 0.257. The molecule has 0 unspecified atom stereocenters. The van der Waals surface area contributed by atoms with E-state index in [-0.39, 0.29) is 6.04 Å². The number of aromatic nitrogens is 4. The molecule has 1 amide bonds. The zero-order valence-electron chi connectivity index (χ0n) is 15.2. The molecule has 0 saturated carbocycles. The van der Waals surface area contributed by atoms with Gasteiger partial charge in [-0.3, -0.25) is 9.48 Å². The van der Waals surface area contributed by atoms with E-state index in [1.54, 1.807) is 0 Å². The number of primary amides is 1. The van der Waals surface area contributed by atoms with Crippen LogP contribution in [0.2, 0.25) is 0 Å². The zero-order valence-corrected chi connectivity index (χ0v) is 15.2. The molecular formula is C19H23N7O. The average molecular weight is 365 g/mol. The highest BCUT2D eigenvalue weighted by Crippen LogP contribution is 2.32. The molecule has 140 valence electrons. The second kappa shape index (κ2) is 6.45. The Kier molecular flexibility index (Phi) is 3.93. The van der Waals surface area contributed by atoms with Crippen LogP contribution in [-0.2, 0) is 0 Å². The van der Waals surface area contributed by atoms with Crippen molar-refractivity contribution in [3.63, 3.8) is 0 Å². The quantitative estimate of drug-likeness (QED) is 0.731. The van der Waals surface area contributed by atoms with Crippen molar-refractivity contribution in [2.45, 2.75) is 31.7 Å². The fraction of sp³-hybridized carbons (Fsp3) is 0.474. The van der Waals surface area contributed by atoms with E-state index in [4.69, 9.17) is 10.7 Å². The Morgan fingerprint density at radius 2 is 1.96 bits per heavy atom. The van der Waals surface area contributed by atoms with Crippen molar-refractivity contribution >= 4 is 33.7 Å². The van der Waals surface area contributed by atoms with E-state index in [0.717, 1.165) is 66.8 Å². The minimum Gasteiger partial charge on any atom is -0.364 e. The smallest absolute Gasteiger partial charge is 0.269 e. The molecule has 2 aromatic heterocycles. The number of nitrogens with one attached hydrogen (secondary N) is 1. The summed E-state index contributed by atoms with van der Waals surface area (Å²) in [6.07, 6.45) is 6.15. The van der Waals surface area contributed by atoms with Crippen LogP contribution in [0.15, 0.2) is 18.3 Å². The lowest BCUT2D eigenvalue weighted by molar-refractivity contribution is 0.0995. The fourth-order valence-electron chi connectivity index (χ4n) is 4.27. The predicted octanol–water partition coefficient (Wildman–Crippen LogP) is 1.60. The van der Waals surface area contributed by atoms with Gasteiger partial charge in [-0.1, -0.05) is 6.07 Å². The number of benzene rings is 1. The highest BCUT2D eigenvalue weighted by Gasteiger charge is 2.25. The Labute approximate surface area is 156 Å². The largest absolute Gasteiger partial charge is 0.364 e. The lowest BCUT2D eigenvalue weighted by Gasteiger charge is -2.24. The topological polar surface area (TPSA) is 102 Å². The average Bonchev–Trinajstić information content (AvgIpc) is 3.36. The van der Waals surface area contributed by atoms with E-state index in [9.17, 15) is 4.79 Å². The van der Waals surface area contributed by atoms with Crippen molar-refractivity contribution in [3.05, 3.63) is 24.0 Å². The molecule has 0 atom stereocenters. The molecule has 0 aliphatic carbocycles. The number of fused-ring (bicyclic) bond motifs is 3. The molecule has 2 aliphatic rings. The van der Waals surface area contributed by atoms with Crippen molar-refractivity contribution < 1.29 is 4.79 Å². The third kappa shape index (κ3) is 2.71. The van der Waals surface area contributed by atoms with Crippen LogP contribution in [-0.4, -0.2) is 51.8 Å². The normalized spacial score (nSPS) is 18.6. The molecule has 2 aliphatic heterocycles. The van der Waals surface area contributed by atoms with Crippen LogP contribution in [0.1, 0.15) is 42.2 Å². The minimum atomic E-state index is -0.499. The van der Waals surface area contributed by atoms with Crippen molar-refractivity contribution in [2.24, 2.45) is 5.73 Å². The summed E-state index contributed by atoms with van der Waals surface area (Å²) in [6.45, 7) is 3.86. The van der Waals surface area contributed by atoms with Crippen molar-refractivity contribution in [1.29, 1.82) is 0 Å². The van der Waals surface area contributed by atoms with E-state index < -0.39 is 5.91 Å². The van der Waals surface area contributed by atoms with Gasteiger partial charge in [0.05, 0.1) is 11.6 Å². The highest BCUT2D eigenvalue weighted by atomic mass is 16.1. The molecule has 3 N–H and O–H groups in total. The van der Waals surface area contributed by atoms with Crippen LogP contribution in [0.3, 0.4) is 0 Å². The summed E-state index contributed by atoms with van der Waals surface area (Å²) in [7, 11) is 0. The number of hydrogen-bond donors (Lipinski definition) is 2. The van der Waals surface area contributed by atoms with Crippen molar-refractivity contribution in [1.82, 2.24) is 25.1 Å². The summed E-state index contributed by atoms with van der Waals surface area (Å²) < 4.78 is 1.99. The molecule has 8 heteroatoms. The Morgan fingerprint density at radius 1 is 1.19 bits per heavy atom. The summed E-state index contributed by atoms with van der Waals surface area (Å²) in [5, 5.41) is 9.74. The Hall–Kier alpha value is -2.74. The van der Waals surface area contributed by atoms with E-state index in [1.165, 1.54) is 12.8 Å². The third-order valence-corrected chi connectivity index (χ3v) is 5.68. The molecule has 0 radical (unpaired) electrons. The summed E-state index contributed by atoms with van der Waals surface area (Å²) in [4.78, 5) is 23.7. The predicted molar refractivity (Wildman–Crippen MR) is 104 cm³/mol. The van der Waals surface area contributed by atoms with Crippen LogP contribution in [0.5, 0.6) is 0 Å². The lowest BCUT2D eigenvalue weighted by Crippen LogP contribution is -2.30. The SMILES string of the molecule is NC(=O)c1nn(C2CCNCC2)c2c1ccc1cnc(N3CCCC3)nc12. The molecule has 1 aromatic carbocycles. The number of rotatable bonds is 3. The van der Waals surface area contributed by atoms with Crippen LogP contribution in [0.4, 0.5) is 5.95 Å². The van der Waals surface area contributed by atoms with E-state index in [2.05, 4.69) is 20.3 Å². The second-order valence-electron chi connectivity index (χ2n) is 7.40. The number of amides is 1. The van der Waals surface area contributed by atoms with E-state index in [1.807, 2.05) is 23.0 Å². The van der Waals surface area contributed by atoms with Gasteiger partial charge in [0.25, 0.3) is 5.91 Å². The summed E-state index contributed by atoms with van der Waals surface area (Å²) in [5.41, 5.74) is 7.70. The Balaban J connectivity index is 1.76. The third-order valence-electron chi connectivity index (χ3n) is 5.68. The lowest BCUT2D eigenvalue weighted by atomic mass is 10.1. The van der Waals surface area contributed by atoms with Gasteiger partial charge in [0.2, 0.25) is 5.95 Å². The molecule has 4 heterocycles. The maximum absolute atomic E-state index is 12.0. The van der Waals surface area contributed by atoms with E-state index >= 15 is 0 Å². The fourth-order valence-corrected chi connectivity index (χ4v) is 4.27.